The van der Waals surface area contributed by atoms with Gasteiger partial charge in [0, 0.05) is 0 Å². The van der Waals surface area contributed by atoms with Crippen LogP contribution < -0.4 is 5.73 Å². The van der Waals surface area contributed by atoms with Gasteiger partial charge in [-0.25, -0.2) is 9.59 Å². The topological polar surface area (TPSA) is 98.9 Å². The minimum atomic E-state index is -2.17. The number of hydrogen-bond acceptors (Lipinski definition) is 6. The van der Waals surface area contributed by atoms with E-state index in [1.165, 1.54) is 0 Å². The van der Waals surface area contributed by atoms with E-state index in [9.17, 15) is 14.4 Å². The van der Waals surface area contributed by atoms with Crippen molar-refractivity contribution in [2.24, 2.45) is 5.73 Å². The third kappa shape index (κ3) is 7.14. The second-order valence-electron chi connectivity index (χ2n) is 8.56. The summed E-state index contributed by atoms with van der Waals surface area (Å²) in [6.45, 7) is 6.66. The Morgan fingerprint density at radius 3 is 1.97 bits per heavy atom. The molecule has 0 aliphatic heterocycles. The molecule has 2 atom stereocenters. The van der Waals surface area contributed by atoms with Gasteiger partial charge in [-0.3, -0.25) is 9.69 Å². The van der Waals surface area contributed by atoms with Crippen LogP contribution in [0.1, 0.15) is 38.8 Å². The fraction of sp³-hybridized carbons (Fsp3) is 0.400. The van der Waals surface area contributed by atoms with Gasteiger partial charge in [-0.2, -0.15) is 0 Å². The molecule has 0 radical (unpaired) electrons. The molecular weight excluding hydrogens is 488 g/mol. The third-order valence-corrected chi connectivity index (χ3v) is 5.82. The van der Waals surface area contributed by atoms with Crippen molar-refractivity contribution in [3.63, 3.8) is 0 Å². The molecule has 2 rings (SSSR count). The normalized spacial score (nSPS) is 14.0. The van der Waals surface area contributed by atoms with Crippen molar-refractivity contribution in [1.29, 1.82) is 0 Å². The number of nitrogens with zero attached hydrogens (tertiary/aromatic N) is 1. The highest BCUT2D eigenvalue weighted by molar-refractivity contribution is 9.10. The number of amides is 1. The van der Waals surface area contributed by atoms with Gasteiger partial charge in [0.25, 0.3) is 4.45 Å². The molecule has 1 unspecified atom stereocenters. The molecule has 2 aromatic rings. The molecule has 2 N–H and O–H groups in total. The molecule has 1 amide bonds. The van der Waals surface area contributed by atoms with E-state index in [1.54, 1.807) is 52.0 Å². The number of rotatable bonds is 9. The molecule has 7 nitrogen and oxygen atoms in total. The zero-order valence-corrected chi connectivity index (χ0v) is 21.0. The van der Waals surface area contributed by atoms with Crippen LogP contribution in [0.2, 0.25) is 0 Å². The van der Waals surface area contributed by atoms with Gasteiger partial charge in [0.15, 0.2) is 5.78 Å². The van der Waals surface area contributed by atoms with Crippen molar-refractivity contribution in [2.45, 2.75) is 56.8 Å². The Labute approximate surface area is 203 Å². The minimum Gasteiger partial charge on any atom is -0.463 e. The quantitative estimate of drug-likeness (QED) is 0.231. The number of esters is 1. The lowest BCUT2D eigenvalue weighted by Gasteiger charge is -2.38. The summed E-state index contributed by atoms with van der Waals surface area (Å²) in [5.74, 6) is -1.63. The molecule has 0 saturated heterocycles. The maximum absolute atomic E-state index is 13.7. The second-order valence-corrected chi connectivity index (χ2v) is 9.70. The van der Waals surface area contributed by atoms with Crippen LogP contribution in [0.15, 0.2) is 60.7 Å². The molecule has 0 saturated carbocycles. The zero-order chi connectivity index (χ0) is 24.6. The summed E-state index contributed by atoms with van der Waals surface area (Å²) in [6, 6.07) is 17.1. The first-order valence-corrected chi connectivity index (χ1v) is 11.5. The van der Waals surface area contributed by atoms with Gasteiger partial charge in [0.05, 0.1) is 19.2 Å². The van der Waals surface area contributed by atoms with E-state index in [2.05, 4.69) is 15.9 Å². The summed E-state index contributed by atoms with van der Waals surface area (Å²) < 4.78 is 8.60. The second kappa shape index (κ2) is 11.4. The first-order valence-electron chi connectivity index (χ1n) is 10.7. The largest absolute Gasteiger partial charge is 0.463 e. The molecule has 0 heterocycles. The molecule has 2 aromatic carbocycles. The van der Waals surface area contributed by atoms with Crippen molar-refractivity contribution in [2.75, 3.05) is 6.61 Å². The number of halogens is 1. The van der Waals surface area contributed by atoms with E-state index < -0.39 is 33.9 Å². The lowest BCUT2D eigenvalue weighted by molar-refractivity contribution is -0.156. The third-order valence-electron chi connectivity index (χ3n) is 4.68. The molecule has 178 valence electrons. The zero-order valence-electron chi connectivity index (χ0n) is 19.4. The fourth-order valence-electron chi connectivity index (χ4n) is 3.16. The first-order chi connectivity index (χ1) is 15.5. The molecule has 0 aliphatic rings. The predicted molar refractivity (Wildman–Crippen MR) is 130 cm³/mol. The SMILES string of the molecule is CCOC(=O)C(Br)(C(=O)[C@H](N)Cc1ccccc1)N(Cc1ccccc1)C(=O)OC(C)(C)C. The summed E-state index contributed by atoms with van der Waals surface area (Å²) >= 11 is 3.28. The van der Waals surface area contributed by atoms with E-state index >= 15 is 0 Å². The lowest BCUT2D eigenvalue weighted by atomic mass is 9.97. The van der Waals surface area contributed by atoms with E-state index in [-0.39, 0.29) is 19.6 Å². The molecule has 0 fully saturated rings. The van der Waals surface area contributed by atoms with Crippen molar-refractivity contribution >= 4 is 33.8 Å². The molecular formula is C25H31BrN2O5. The highest BCUT2D eigenvalue weighted by Crippen LogP contribution is 2.32. The monoisotopic (exact) mass is 518 g/mol. The Balaban J connectivity index is 2.51. The predicted octanol–water partition coefficient (Wildman–Crippen LogP) is 4.22. The van der Waals surface area contributed by atoms with E-state index in [0.29, 0.717) is 5.56 Å². The molecule has 0 spiro atoms. The van der Waals surface area contributed by atoms with Crippen LogP contribution in [0.25, 0.3) is 0 Å². The average molecular weight is 519 g/mol. The summed E-state index contributed by atoms with van der Waals surface area (Å²) in [7, 11) is 0. The molecule has 33 heavy (non-hydrogen) atoms. The Kier molecular flexibility index (Phi) is 9.19. The Bertz CT molecular complexity index is 946. The van der Waals surface area contributed by atoms with Crippen LogP contribution in [0.4, 0.5) is 4.79 Å². The number of ether oxygens (including phenoxy) is 2. The average Bonchev–Trinajstić information content (AvgIpc) is 2.76. The number of carbonyl (C=O) groups excluding carboxylic acids is 3. The van der Waals surface area contributed by atoms with E-state index in [0.717, 1.165) is 10.5 Å². The summed E-state index contributed by atoms with van der Waals surface area (Å²) in [6.07, 6.45) is -0.670. The number of Topliss-reactive ketones (excluding diaryl/α,β-unsaturated/α-hetero) is 1. The van der Waals surface area contributed by atoms with Crippen LogP contribution in [-0.4, -0.2) is 45.4 Å². The van der Waals surface area contributed by atoms with Gasteiger partial charge >= 0.3 is 12.1 Å². The summed E-state index contributed by atoms with van der Waals surface area (Å²) in [5.41, 5.74) is 6.92. The Morgan fingerprint density at radius 2 is 1.48 bits per heavy atom. The smallest absolute Gasteiger partial charge is 0.412 e. The highest BCUT2D eigenvalue weighted by atomic mass is 79.9. The van der Waals surface area contributed by atoms with Gasteiger partial charge in [0.1, 0.15) is 5.60 Å². The number of nitrogens with two attached hydrogens (primary N) is 1. The van der Waals surface area contributed by atoms with E-state index in [4.69, 9.17) is 15.2 Å². The molecule has 8 heteroatoms. The van der Waals surface area contributed by atoms with Crippen molar-refractivity contribution in [3.8, 4) is 0 Å². The number of alkyl halides is 1. The van der Waals surface area contributed by atoms with Gasteiger partial charge in [0.2, 0.25) is 0 Å². The van der Waals surface area contributed by atoms with Crippen molar-refractivity contribution in [1.82, 2.24) is 4.90 Å². The Hall–Kier alpha value is -2.71. The van der Waals surface area contributed by atoms with Crippen LogP contribution in [0.3, 0.4) is 0 Å². The van der Waals surface area contributed by atoms with Crippen molar-refractivity contribution < 1.29 is 23.9 Å². The van der Waals surface area contributed by atoms with Gasteiger partial charge in [-0.1, -0.05) is 60.7 Å². The molecule has 0 aliphatic carbocycles. The van der Waals surface area contributed by atoms with Crippen LogP contribution in [0, 0.1) is 0 Å². The fourth-order valence-corrected chi connectivity index (χ4v) is 3.84. The molecule has 0 aromatic heterocycles. The van der Waals surface area contributed by atoms with Crippen LogP contribution in [-0.2, 0) is 32.0 Å². The Morgan fingerprint density at radius 1 is 0.970 bits per heavy atom. The minimum absolute atomic E-state index is 0.0148. The highest BCUT2D eigenvalue weighted by Gasteiger charge is 2.55. The van der Waals surface area contributed by atoms with Crippen LogP contribution >= 0.6 is 15.9 Å². The maximum Gasteiger partial charge on any atom is 0.412 e. The van der Waals surface area contributed by atoms with Crippen LogP contribution in [0.5, 0.6) is 0 Å². The van der Waals surface area contributed by atoms with Gasteiger partial charge in [-0.15, -0.1) is 0 Å². The summed E-state index contributed by atoms with van der Waals surface area (Å²) in [4.78, 5) is 41.2. The lowest BCUT2D eigenvalue weighted by Crippen LogP contribution is -2.63. The van der Waals surface area contributed by atoms with Crippen molar-refractivity contribution in [3.05, 3.63) is 71.8 Å². The number of ketones is 1. The van der Waals surface area contributed by atoms with E-state index in [1.807, 2.05) is 36.4 Å². The summed E-state index contributed by atoms with van der Waals surface area (Å²) in [5, 5.41) is 0. The van der Waals surface area contributed by atoms with Gasteiger partial charge < -0.3 is 15.2 Å². The van der Waals surface area contributed by atoms with Gasteiger partial charge in [-0.05, 0) is 61.2 Å². The maximum atomic E-state index is 13.7. The number of carbonyl (C=O) groups is 3. The number of benzene rings is 2. The standard InChI is InChI=1S/C25H31BrN2O5/c1-5-32-22(30)25(26,21(29)20(27)16-18-12-8-6-9-13-18)28(23(31)33-24(2,3)4)17-19-14-10-7-11-15-19/h6-15,20H,5,16-17,27H2,1-4H3/t20-,25?/m1/s1. The molecule has 0 bridgehead atoms. The first kappa shape index (κ1) is 26.5. The number of hydrogen-bond donors (Lipinski definition) is 1.